The Hall–Kier alpha value is -0.240. The molecule has 0 aromatic carbocycles. The normalized spacial score (nSPS) is 48.6. The Morgan fingerprint density at radius 2 is 1.68 bits per heavy atom. The van der Waals surface area contributed by atoms with Crippen LogP contribution >= 0.6 is 0 Å². The van der Waals surface area contributed by atoms with Crippen molar-refractivity contribution in [3.8, 4) is 0 Å². The molecule has 3 saturated heterocycles. The van der Waals surface area contributed by atoms with Gasteiger partial charge in [0.15, 0.2) is 17.2 Å². The number of hydrogen-bond acceptors (Lipinski definition) is 6. The molecule has 2 spiro atoms. The summed E-state index contributed by atoms with van der Waals surface area (Å²) in [5, 5.41) is 0. The minimum absolute atomic E-state index is 0.0181. The summed E-state index contributed by atoms with van der Waals surface area (Å²) in [4.78, 5) is 10.7. The van der Waals surface area contributed by atoms with Crippen molar-refractivity contribution in [3.05, 3.63) is 0 Å². The van der Waals surface area contributed by atoms with E-state index in [0.29, 0.717) is 6.61 Å². The highest BCUT2D eigenvalue weighted by molar-refractivity contribution is 5.14. The Kier molecular flexibility index (Phi) is 2.18. The number of rotatable bonds is 0. The Labute approximate surface area is 112 Å². The fourth-order valence-corrected chi connectivity index (χ4v) is 3.58. The smallest absolute Gasteiger partial charge is 0.293 e. The van der Waals surface area contributed by atoms with Crippen molar-refractivity contribution in [1.82, 2.24) is 0 Å². The van der Waals surface area contributed by atoms with Gasteiger partial charge in [-0.25, -0.2) is 0 Å². The molecule has 4 fully saturated rings. The second-order valence-electron chi connectivity index (χ2n) is 6.75. The third kappa shape index (κ3) is 1.58. The standard InChI is InChI=1S/C13H20O6/c1-10(2)14-7-12(17-10)6-5-8-9(13(12)18-19-13)16-11(3,4)15-8/h8-9H,5-7H2,1-4H3/t8-,9-,12+/m1/s1. The van der Waals surface area contributed by atoms with E-state index < -0.39 is 23.0 Å². The molecule has 0 amide bonds. The first-order valence-electron chi connectivity index (χ1n) is 6.84. The highest BCUT2D eigenvalue weighted by Crippen LogP contribution is 2.59. The second-order valence-corrected chi connectivity index (χ2v) is 6.75. The minimum Gasteiger partial charge on any atom is -0.347 e. The van der Waals surface area contributed by atoms with Crippen LogP contribution in [0.1, 0.15) is 40.5 Å². The van der Waals surface area contributed by atoms with Gasteiger partial charge in [-0.2, -0.15) is 9.78 Å². The fraction of sp³-hybridized carbons (Fsp3) is 1.00. The van der Waals surface area contributed by atoms with Crippen LogP contribution in [-0.4, -0.2) is 41.8 Å². The lowest BCUT2D eigenvalue weighted by Gasteiger charge is -2.39. The molecule has 6 nitrogen and oxygen atoms in total. The zero-order valence-corrected chi connectivity index (χ0v) is 11.7. The summed E-state index contributed by atoms with van der Waals surface area (Å²) >= 11 is 0. The van der Waals surface area contributed by atoms with E-state index >= 15 is 0 Å². The molecule has 3 aliphatic heterocycles. The van der Waals surface area contributed by atoms with Gasteiger partial charge in [-0.15, -0.1) is 0 Å². The minimum atomic E-state index is -0.878. The monoisotopic (exact) mass is 272 g/mol. The highest BCUT2D eigenvalue weighted by Gasteiger charge is 2.79. The third-order valence-corrected chi connectivity index (χ3v) is 4.38. The maximum Gasteiger partial charge on any atom is 0.293 e. The van der Waals surface area contributed by atoms with Gasteiger partial charge in [0.2, 0.25) is 0 Å². The first-order chi connectivity index (χ1) is 8.78. The molecule has 0 aromatic rings. The maximum atomic E-state index is 6.12. The van der Waals surface area contributed by atoms with E-state index in [9.17, 15) is 0 Å². The van der Waals surface area contributed by atoms with Gasteiger partial charge in [0.05, 0.1) is 12.7 Å². The van der Waals surface area contributed by atoms with E-state index in [4.69, 9.17) is 28.7 Å². The molecule has 4 rings (SSSR count). The Balaban J connectivity index is 1.67. The summed E-state index contributed by atoms with van der Waals surface area (Å²) in [6.07, 6.45) is 1.34. The van der Waals surface area contributed by atoms with E-state index in [2.05, 4.69) is 0 Å². The predicted molar refractivity (Wildman–Crippen MR) is 61.8 cm³/mol. The van der Waals surface area contributed by atoms with Crippen LogP contribution in [0.15, 0.2) is 0 Å². The molecular formula is C13H20O6. The summed E-state index contributed by atoms with van der Waals surface area (Å²) in [6.45, 7) is 8.07. The topological polar surface area (TPSA) is 62.0 Å². The highest BCUT2D eigenvalue weighted by atomic mass is 17.4. The lowest BCUT2D eigenvalue weighted by atomic mass is 9.77. The molecular weight excluding hydrogens is 252 g/mol. The lowest BCUT2D eigenvalue weighted by Crippen LogP contribution is -2.61. The zero-order chi connectivity index (χ0) is 13.5. The van der Waals surface area contributed by atoms with Gasteiger partial charge in [0.25, 0.3) is 5.79 Å². The fourth-order valence-electron chi connectivity index (χ4n) is 3.58. The first kappa shape index (κ1) is 12.5. The molecule has 6 heteroatoms. The molecule has 0 radical (unpaired) electrons. The van der Waals surface area contributed by atoms with E-state index in [1.54, 1.807) is 0 Å². The Morgan fingerprint density at radius 1 is 0.947 bits per heavy atom. The molecule has 108 valence electrons. The summed E-state index contributed by atoms with van der Waals surface area (Å²) in [7, 11) is 0. The number of fused-ring (bicyclic) bond motifs is 3. The Morgan fingerprint density at radius 3 is 2.26 bits per heavy atom. The molecule has 0 N–H and O–H groups in total. The van der Waals surface area contributed by atoms with Crippen LogP contribution in [0.4, 0.5) is 0 Å². The van der Waals surface area contributed by atoms with E-state index in [0.717, 1.165) is 12.8 Å². The average Bonchev–Trinajstić information content (AvgIpc) is 2.94. The van der Waals surface area contributed by atoms with E-state index in [1.807, 2.05) is 27.7 Å². The molecule has 1 saturated carbocycles. The van der Waals surface area contributed by atoms with Crippen molar-refractivity contribution in [2.75, 3.05) is 6.61 Å². The molecule has 3 atom stereocenters. The quantitative estimate of drug-likeness (QED) is 0.491. The first-order valence-corrected chi connectivity index (χ1v) is 6.84. The van der Waals surface area contributed by atoms with Crippen LogP contribution < -0.4 is 0 Å². The van der Waals surface area contributed by atoms with Gasteiger partial charge in [0, 0.05) is 0 Å². The summed E-state index contributed by atoms with van der Waals surface area (Å²) in [5.74, 6) is -2.11. The SMILES string of the molecule is CC1(C)O[C@@H]2[C@@H](CC[C@]3(COC(C)(C)O3)C23OO3)O1. The van der Waals surface area contributed by atoms with Crippen molar-refractivity contribution in [2.24, 2.45) is 0 Å². The van der Waals surface area contributed by atoms with Crippen molar-refractivity contribution < 1.29 is 28.7 Å². The second kappa shape index (κ2) is 3.32. The molecule has 1 aliphatic carbocycles. The van der Waals surface area contributed by atoms with Crippen LogP contribution in [0.25, 0.3) is 0 Å². The third-order valence-electron chi connectivity index (χ3n) is 4.38. The van der Waals surface area contributed by atoms with Gasteiger partial charge in [-0.3, -0.25) is 0 Å². The average molecular weight is 272 g/mol. The molecule has 0 unspecified atom stereocenters. The van der Waals surface area contributed by atoms with Crippen LogP contribution in [0, 0.1) is 0 Å². The number of hydrogen-bond donors (Lipinski definition) is 0. The van der Waals surface area contributed by atoms with Gasteiger partial charge in [-0.05, 0) is 40.5 Å². The van der Waals surface area contributed by atoms with Gasteiger partial charge < -0.3 is 18.9 Å². The molecule has 3 heterocycles. The Bertz CT molecular complexity index is 413. The van der Waals surface area contributed by atoms with Crippen molar-refractivity contribution in [3.63, 3.8) is 0 Å². The summed E-state index contributed by atoms with van der Waals surface area (Å²) in [6, 6.07) is 0. The molecule has 0 aromatic heterocycles. The largest absolute Gasteiger partial charge is 0.347 e. The van der Waals surface area contributed by atoms with Gasteiger partial charge in [0.1, 0.15) is 6.10 Å². The lowest BCUT2D eigenvalue weighted by molar-refractivity contribution is -0.209. The maximum absolute atomic E-state index is 6.12. The zero-order valence-electron chi connectivity index (χ0n) is 11.7. The van der Waals surface area contributed by atoms with Crippen molar-refractivity contribution in [1.29, 1.82) is 0 Å². The molecule has 4 aliphatic rings. The molecule has 0 bridgehead atoms. The molecule has 19 heavy (non-hydrogen) atoms. The van der Waals surface area contributed by atoms with Gasteiger partial charge in [-0.1, -0.05) is 0 Å². The number of ether oxygens (including phenoxy) is 4. The van der Waals surface area contributed by atoms with E-state index in [1.165, 1.54) is 0 Å². The van der Waals surface area contributed by atoms with E-state index in [-0.39, 0.29) is 12.2 Å². The van der Waals surface area contributed by atoms with Crippen LogP contribution in [-0.2, 0) is 28.7 Å². The predicted octanol–water partition coefficient (Wildman–Crippen LogP) is 1.48. The van der Waals surface area contributed by atoms with Crippen molar-refractivity contribution in [2.45, 2.75) is 75.7 Å². The van der Waals surface area contributed by atoms with Crippen LogP contribution in [0.3, 0.4) is 0 Å². The van der Waals surface area contributed by atoms with Crippen molar-refractivity contribution >= 4 is 0 Å². The summed E-state index contributed by atoms with van der Waals surface area (Å²) in [5.41, 5.74) is -0.596. The van der Waals surface area contributed by atoms with Gasteiger partial charge >= 0.3 is 0 Å². The van der Waals surface area contributed by atoms with Crippen LogP contribution in [0.2, 0.25) is 0 Å². The van der Waals surface area contributed by atoms with Crippen LogP contribution in [0.5, 0.6) is 0 Å². The summed E-state index contributed by atoms with van der Waals surface area (Å²) < 4.78 is 23.7.